The highest BCUT2D eigenvalue weighted by Crippen LogP contribution is 2.31. The highest BCUT2D eigenvalue weighted by atomic mass is 19.1. The molecule has 1 heterocycles. The highest BCUT2D eigenvalue weighted by Gasteiger charge is 2.23. The molecule has 5 heteroatoms. The van der Waals surface area contributed by atoms with Crippen molar-refractivity contribution in [2.45, 2.75) is 37.8 Å². The summed E-state index contributed by atoms with van der Waals surface area (Å²) in [6.07, 6.45) is 5.83. The van der Waals surface area contributed by atoms with E-state index in [9.17, 15) is 4.39 Å². The van der Waals surface area contributed by atoms with Gasteiger partial charge in [-0.15, -0.1) is 5.10 Å². The van der Waals surface area contributed by atoms with Gasteiger partial charge in [0, 0.05) is 11.6 Å². The smallest absolute Gasteiger partial charge is 0.123 e. The summed E-state index contributed by atoms with van der Waals surface area (Å²) in [6.45, 7) is 0. The molecule has 100 valence electrons. The van der Waals surface area contributed by atoms with Gasteiger partial charge in [-0.05, 0) is 37.8 Å². The van der Waals surface area contributed by atoms with Crippen LogP contribution in [0.3, 0.4) is 0 Å². The number of hydrogen-bond acceptors (Lipinski definition) is 3. The van der Waals surface area contributed by atoms with Crippen molar-refractivity contribution in [3.63, 3.8) is 0 Å². The molecule has 0 amide bonds. The van der Waals surface area contributed by atoms with E-state index in [1.165, 1.54) is 12.1 Å². The van der Waals surface area contributed by atoms with Gasteiger partial charge in [-0.3, -0.25) is 0 Å². The Bertz CT molecular complexity index is 566. The van der Waals surface area contributed by atoms with Crippen LogP contribution in [-0.2, 0) is 0 Å². The van der Waals surface area contributed by atoms with Crippen molar-refractivity contribution in [3.05, 3.63) is 36.3 Å². The summed E-state index contributed by atoms with van der Waals surface area (Å²) in [4.78, 5) is 0. The largest absolute Gasteiger partial charge is 0.328 e. The lowest BCUT2D eigenvalue weighted by Crippen LogP contribution is -2.30. The van der Waals surface area contributed by atoms with Gasteiger partial charge >= 0.3 is 0 Å². The molecule has 1 fully saturated rings. The monoisotopic (exact) mass is 260 g/mol. The standard InChI is InChI=1S/C14H17FN4/c15-11-4-1-3-10(7-11)14-9-17-18-19(14)13-6-2-5-12(16)8-13/h1,3-4,7,9,12-13H,2,5-6,8,16H2. The molecule has 1 aliphatic carbocycles. The van der Waals surface area contributed by atoms with Gasteiger partial charge < -0.3 is 5.73 Å². The summed E-state index contributed by atoms with van der Waals surface area (Å²) in [5.41, 5.74) is 7.69. The van der Waals surface area contributed by atoms with Crippen LogP contribution in [0.1, 0.15) is 31.7 Å². The fourth-order valence-electron chi connectivity index (χ4n) is 2.79. The van der Waals surface area contributed by atoms with Gasteiger partial charge in [-0.25, -0.2) is 9.07 Å². The maximum Gasteiger partial charge on any atom is 0.123 e. The van der Waals surface area contributed by atoms with Crippen LogP contribution in [-0.4, -0.2) is 21.0 Å². The van der Waals surface area contributed by atoms with Crippen molar-refractivity contribution < 1.29 is 4.39 Å². The Labute approximate surface area is 111 Å². The van der Waals surface area contributed by atoms with Crippen LogP contribution >= 0.6 is 0 Å². The van der Waals surface area contributed by atoms with E-state index in [-0.39, 0.29) is 17.9 Å². The second kappa shape index (κ2) is 5.09. The summed E-state index contributed by atoms with van der Waals surface area (Å²) in [7, 11) is 0. The molecule has 19 heavy (non-hydrogen) atoms. The molecular formula is C14H17FN4. The molecule has 2 unspecified atom stereocenters. The molecule has 0 saturated heterocycles. The van der Waals surface area contributed by atoms with Gasteiger partial charge in [0.05, 0.1) is 17.9 Å². The molecule has 0 spiro atoms. The Morgan fingerprint density at radius 1 is 1.32 bits per heavy atom. The number of aromatic nitrogens is 3. The number of halogens is 1. The van der Waals surface area contributed by atoms with Gasteiger partial charge in [0.25, 0.3) is 0 Å². The number of benzene rings is 1. The third-order valence-electron chi connectivity index (χ3n) is 3.73. The van der Waals surface area contributed by atoms with Crippen LogP contribution < -0.4 is 5.73 Å². The third kappa shape index (κ3) is 2.51. The first-order valence-corrected chi connectivity index (χ1v) is 6.66. The average molecular weight is 260 g/mol. The van der Waals surface area contributed by atoms with Crippen molar-refractivity contribution in [1.82, 2.24) is 15.0 Å². The van der Waals surface area contributed by atoms with Gasteiger partial charge in [0.15, 0.2) is 0 Å². The molecule has 1 aliphatic rings. The van der Waals surface area contributed by atoms with Crippen LogP contribution in [0.4, 0.5) is 4.39 Å². The third-order valence-corrected chi connectivity index (χ3v) is 3.73. The first-order valence-electron chi connectivity index (χ1n) is 6.66. The SMILES string of the molecule is NC1CCCC(n2nncc2-c2cccc(F)c2)C1. The van der Waals surface area contributed by atoms with Gasteiger partial charge in [0.1, 0.15) is 5.82 Å². The fourth-order valence-corrected chi connectivity index (χ4v) is 2.79. The number of rotatable bonds is 2. The van der Waals surface area contributed by atoms with Gasteiger partial charge in [0.2, 0.25) is 0 Å². The van der Waals surface area contributed by atoms with Crippen molar-refractivity contribution in [3.8, 4) is 11.3 Å². The zero-order valence-electron chi connectivity index (χ0n) is 10.7. The van der Waals surface area contributed by atoms with Crippen molar-refractivity contribution in [2.75, 3.05) is 0 Å². The zero-order chi connectivity index (χ0) is 13.2. The molecule has 0 bridgehead atoms. The Kier molecular flexibility index (Phi) is 3.29. The molecule has 0 aliphatic heterocycles. The van der Waals surface area contributed by atoms with E-state index in [1.807, 2.05) is 10.7 Å². The Morgan fingerprint density at radius 2 is 2.21 bits per heavy atom. The molecule has 1 saturated carbocycles. The molecule has 2 N–H and O–H groups in total. The zero-order valence-corrected chi connectivity index (χ0v) is 10.7. The highest BCUT2D eigenvalue weighted by molar-refractivity contribution is 5.58. The Morgan fingerprint density at radius 3 is 3.00 bits per heavy atom. The lowest BCUT2D eigenvalue weighted by molar-refractivity contribution is 0.298. The molecule has 1 aromatic carbocycles. The molecule has 4 nitrogen and oxygen atoms in total. The summed E-state index contributed by atoms with van der Waals surface area (Å²) < 4.78 is 15.2. The van der Waals surface area contributed by atoms with E-state index in [2.05, 4.69) is 10.3 Å². The molecular weight excluding hydrogens is 243 g/mol. The minimum absolute atomic E-state index is 0.225. The summed E-state index contributed by atoms with van der Waals surface area (Å²) >= 11 is 0. The molecule has 2 atom stereocenters. The minimum Gasteiger partial charge on any atom is -0.328 e. The van der Waals surface area contributed by atoms with Crippen LogP contribution in [0.25, 0.3) is 11.3 Å². The second-order valence-corrected chi connectivity index (χ2v) is 5.15. The predicted octanol–water partition coefficient (Wildman–Crippen LogP) is 2.53. The summed E-state index contributed by atoms with van der Waals surface area (Å²) in [5, 5.41) is 8.15. The van der Waals surface area contributed by atoms with E-state index >= 15 is 0 Å². The molecule has 3 rings (SSSR count). The summed E-state index contributed by atoms with van der Waals surface area (Å²) in [6, 6.07) is 7.02. The Hall–Kier alpha value is -1.75. The lowest BCUT2D eigenvalue weighted by Gasteiger charge is -2.27. The molecule has 0 radical (unpaired) electrons. The van der Waals surface area contributed by atoms with E-state index in [0.717, 1.165) is 36.9 Å². The summed E-state index contributed by atoms with van der Waals surface area (Å²) in [5.74, 6) is -0.245. The predicted molar refractivity (Wildman–Crippen MR) is 70.9 cm³/mol. The normalized spacial score (nSPS) is 23.5. The maximum atomic E-state index is 13.3. The quantitative estimate of drug-likeness (QED) is 0.902. The Balaban J connectivity index is 1.94. The van der Waals surface area contributed by atoms with Crippen LogP contribution in [0.15, 0.2) is 30.5 Å². The van der Waals surface area contributed by atoms with Gasteiger partial charge in [-0.1, -0.05) is 17.3 Å². The van der Waals surface area contributed by atoms with Crippen molar-refractivity contribution >= 4 is 0 Å². The minimum atomic E-state index is -0.245. The second-order valence-electron chi connectivity index (χ2n) is 5.15. The van der Waals surface area contributed by atoms with Crippen molar-refractivity contribution in [1.29, 1.82) is 0 Å². The van der Waals surface area contributed by atoms with Crippen LogP contribution in [0, 0.1) is 5.82 Å². The van der Waals surface area contributed by atoms with Crippen LogP contribution in [0.5, 0.6) is 0 Å². The maximum absolute atomic E-state index is 13.3. The van der Waals surface area contributed by atoms with E-state index in [4.69, 9.17) is 5.73 Å². The first-order chi connectivity index (χ1) is 9.24. The first kappa shape index (κ1) is 12.3. The van der Waals surface area contributed by atoms with E-state index in [0.29, 0.717) is 0 Å². The van der Waals surface area contributed by atoms with Crippen LogP contribution in [0.2, 0.25) is 0 Å². The number of hydrogen-bond donors (Lipinski definition) is 1. The molecule has 1 aromatic heterocycles. The topological polar surface area (TPSA) is 56.7 Å². The lowest BCUT2D eigenvalue weighted by atomic mass is 9.91. The van der Waals surface area contributed by atoms with E-state index < -0.39 is 0 Å². The fraction of sp³-hybridized carbons (Fsp3) is 0.429. The number of nitrogens with zero attached hydrogens (tertiary/aromatic N) is 3. The average Bonchev–Trinajstić information content (AvgIpc) is 2.88. The van der Waals surface area contributed by atoms with Crippen molar-refractivity contribution in [2.24, 2.45) is 5.73 Å². The number of nitrogens with two attached hydrogens (primary N) is 1. The van der Waals surface area contributed by atoms with Gasteiger partial charge in [-0.2, -0.15) is 0 Å². The van der Waals surface area contributed by atoms with E-state index in [1.54, 1.807) is 12.3 Å². The molecule has 2 aromatic rings.